The third kappa shape index (κ3) is 4.60. The molecule has 0 aliphatic carbocycles. The van der Waals surface area contributed by atoms with Crippen LogP contribution in [0.5, 0.6) is 5.75 Å². The van der Waals surface area contributed by atoms with Gasteiger partial charge in [0.1, 0.15) is 5.75 Å². The molecule has 2 amide bonds. The number of urea groups is 1. The number of fused-ring (bicyclic) bond motifs is 1. The van der Waals surface area contributed by atoms with Gasteiger partial charge in [-0.3, -0.25) is 0 Å². The minimum absolute atomic E-state index is 0.155. The van der Waals surface area contributed by atoms with Gasteiger partial charge in [0, 0.05) is 42.8 Å². The van der Waals surface area contributed by atoms with E-state index in [9.17, 15) is 9.90 Å². The Hall–Kier alpha value is -2.99. The summed E-state index contributed by atoms with van der Waals surface area (Å²) in [6.45, 7) is 0.672. The van der Waals surface area contributed by atoms with Gasteiger partial charge in [-0.1, -0.05) is 30.3 Å². The molecule has 0 saturated heterocycles. The molecule has 0 radical (unpaired) electrons. The largest absolute Gasteiger partial charge is 0.497 e. The van der Waals surface area contributed by atoms with Crippen molar-refractivity contribution in [3.8, 4) is 5.75 Å². The summed E-state index contributed by atoms with van der Waals surface area (Å²) < 4.78 is 7.10. The van der Waals surface area contributed by atoms with Gasteiger partial charge < -0.3 is 25.0 Å². The Morgan fingerprint density at radius 1 is 1.15 bits per heavy atom. The molecule has 1 atom stereocenters. The maximum atomic E-state index is 12.0. The second-order valence-corrected chi connectivity index (χ2v) is 6.46. The average Bonchev–Trinajstić information content (AvgIpc) is 3.04. The van der Waals surface area contributed by atoms with Gasteiger partial charge >= 0.3 is 6.03 Å². The number of aliphatic hydroxyl groups excluding tert-OH is 1. The van der Waals surface area contributed by atoms with Crippen molar-refractivity contribution in [2.75, 3.05) is 20.2 Å². The van der Waals surface area contributed by atoms with Crippen molar-refractivity contribution in [3.63, 3.8) is 0 Å². The van der Waals surface area contributed by atoms with E-state index in [2.05, 4.69) is 10.6 Å². The molecule has 6 nitrogen and oxygen atoms in total. The smallest absolute Gasteiger partial charge is 0.314 e. The van der Waals surface area contributed by atoms with Crippen molar-refractivity contribution in [1.82, 2.24) is 15.2 Å². The van der Waals surface area contributed by atoms with E-state index >= 15 is 0 Å². The van der Waals surface area contributed by atoms with Crippen LogP contribution in [0.25, 0.3) is 10.9 Å². The lowest BCUT2D eigenvalue weighted by atomic mass is 10.1. The highest BCUT2D eigenvalue weighted by atomic mass is 16.5. The number of methoxy groups -OCH3 is 1. The van der Waals surface area contributed by atoms with E-state index in [0.29, 0.717) is 6.54 Å². The van der Waals surface area contributed by atoms with Crippen LogP contribution in [0.15, 0.2) is 54.7 Å². The molecule has 0 aliphatic heterocycles. The van der Waals surface area contributed by atoms with Crippen molar-refractivity contribution in [1.29, 1.82) is 0 Å². The van der Waals surface area contributed by atoms with Crippen LogP contribution in [-0.4, -0.2) is 35.9 Å². The highest BCUT2D eigenvalue weighted by molar-refractivity contribution is 5.84. The number of aryl methyl sites for hydroxylation is 1. The third-order valence-corrected chi connectivity index (χ3v) is 4.60. The zero-order chi connectivity index (χ0) is 19.2. The molecule has 0 bridgehead atoms. The SMILES string of the molecule is COc1ccc(CCNC(=O)NCC(O)c2cn(C)c3ccccc23)cc1. The Bertz CT molecular complexity index is 903. The van der Waals surface area contributed by atoms with Crippen LogP contribution < -0.4 is 15.4 Å². The van der Waals surface area contributed by atoms with Crippen molar-refractivity contribution >= 4 is 16.9 Å². The number of para-hydroxylation sites is 1. The van der Waals surface area contributed by atoms with Crippen molar-refractivity contribution in [2.24, 2.45) is 7.05 Å². The Morgan fingerprint density at radius 3 is 2.63 bits per heavy atom. The number of nitrogens with zero attached hydrogens (tertiary/aromatic N) is 1. The fraction of sp³-hybridized carbons (Fsp3) is 0.286. The zero-order valence-corrected chi connectivity index (χ0v) is 15.6. The summed E-state index contributed by atoms with van der Waals surface area (Å²) in [6.07, 6.45) is 1.87. The summed E-state index contributed by atoms with van der Waals surface area (Å²) in [6, 6.07) is 15.3. The van der Waals surface area contributed by atoms with Crippen LogP contribution in [0.2, 0.25) is 0 Å². The second-order valence-electron chi connectivity index (χ2n) is 6.46. The fourth-order valence-corrected chi connectivity index (χ4v) is 3.11. The number of benzene rings is 2. The number of rotatable bonds is 7. The lowest BCUT2D eigenvalue weighted by Gasteiger charge is -2.12. The molecule has 0 fully saturated rings. The Morgan fingerprint density at radius 2 is 1.89 bits per heavy atom. The van der Waals surface area contributed by atoms with Crippen LogP contribution in [0.3, 0.4) is 0 Å². The van der Waals surface area contributed by atoms with Gasteiger partial charge in [-0.15, -0.1) is 0 Å². The lowest BCUT2D eigenvalue weighted by Crippen LogP contribution is -2.38. The highest BCUT2D eigenvalue weighted by Gasteiger charge is 2.15. The Balaban J connectivity index is 1.46. The number of aliphatic hydroxyl groups is 1. The minimum atomic E-state index is -0.761. The van der Waals surface area contributed by atoms with Crippen LogP contribution in [0.4, 0.5) is 4.79 Å². The zero-order valence-electron chi connectivity index (χ0n) is 15.6. The first-order valence-electron chi connectivity index (χ1n) is 8.95. The minimum Gasteiger partial charge on any atom is -0.497 e. The number of hydrogen-bond acceptors (Lipinski definition) is 3. The number of nitrogens with one attached hydrogen (secondary N) is 2. The molecule has 3 rings (SSSR count). The van der Waals surface area contributed by atoms with Gasteiger partial charge in [-0.05, 0) is 30.2 Å². The van der Waals surface area contributed by atoms with Gasteiger partial charge in [-0.25, -0.2) is 4.79 Å². The summed E-state index contributed by atoms with van der Waals surface area (Å²) in [5.74, 6) is 0.812. The topological polar surface area (TPSA) is 75.5 Å². The van der Waals surface area contributed by atoms with E-state index in [1.807, 2.05) is 66.3 Å². The van der Waals surface area contributed by atoms with Crippen LogP contribution in [0, 0.1) is 0 Å². The molecule has 142 valence electrons. The van der Waals surface area contributed by atoms with E-state index in [1.165, 1.54) is 0 Å². The van der Waals surface area contributed by atoms with Crippen molar-refractivity contribution in [2.45, 2.75) is 12.5 Å². The molecule has 0 saturated carbocycles. The number of amides is 2. The molecular weight excluding hydrogens is 342 g/mol. The van der Waals surface area contributed by atoms with Crippen LogP contribution >= 0.6 is 0 Å². The lowest BCUT2D eigenvalue weighted by molar-refractivity contribution is 0.174. The molecule has 1 aromatic heterocycles. The molecule has 0 aliphatic rings. The van der Waals surface area contributed by atoms with Gasteiger partial charge in [0.2, 0.25) is 0 Å². The Labute approximate surface area is 158 Å². The standard InChI is InChI=1S/C21H25N3O3/c1-24-14-18(17-5-3-4-6-19(17)24)20(25)13-23-21(26)22-12-11-15-7-9-16(27-2)10-8-15/h3-10,14,20,25H,11-13H2,1-2H3,(H2,22,23,26). The first-order chi connectivity index (χ1) is 13.1. The predicted octanol–water partition coefficient (Wildman–Crippen LogP) is 2.76. The maximum absolute atomic E-state index is 12.0. The van der Waals surface area contributed by atoms with Gasteiger partial charge in [0.05, 0.1) is 13.2 Å². The van der Waals surface area contributed by atoms with Crippen molar-refractivity contribution in [3.05, 3.63) is 65.9 Å². The number of hydrogen-bond donors (Lipinski definition) is 3. The summed E-state index contributed by atoms with van der Waals surface area (Å²) in [4.78, 5) is 12.0. The van der Waals surface area contributed by atoms with Gasteiger partial charge in [0.25, 0.3) is 0 Å². The number of ether oxygens (including phenoxy) is 1. The summed E-state index contributed by atoms with van der Waals surface area (Å²) in [7, 11) is 3.57. The summed E-state index contributed by atoms with van der Waals surface area (Å²) in [5.41, 5.74) is 2.98. The van der Waals surface area contributed by atoms with Gasteiger partial charge in [-0.2, -0.15) is 0 Å². The second kappa shape index (κ2) is 8.60. The molecule has 27 heavy (non-hydrogen) atoms. The molecule has 0 spiro atoms. The van der Waals surface area contributed by atoms with E-state index in [-0.39, 0.29) is 12.6 Å². The average molecular weight is 367 g/mol. The number of carbonyl (C=O) groups excluding carboxylic acids is 1. The highest BCUT2D eigenvalue weighted by Crippen LogP contribution is 2.25. The quantitative estimate of drug-likeness (QED) is 0.601. The molecule has 2 aromatic carbocycles. The van der Waals surface area contributed by atoms with E-state index in [4.69, 9.17) is 4.74 Å². The van der Waals surface area contributed by atoms with E-state index in [1.54, 1.807) is 7.11 Å². The third-order valence-electron chi connectivity index (χ3n) is 4.60. The molecule has 1 unspecified atom stereocenters. The molecule has 3 N–H and O–H groups in total. The number of carbonyl (C=O) groups is 1. The predicted molar refractivity (Wildman–Crippen MR) is 106 cm³/mol. The maximum Gasteiger partial charge on any atom is 0.314 e. The van der Waals surface area contributed by atoms with Crippen LogP contribution in [0.1, 0.15) is 17.2 Å². The van der Waals surface area contributed by atoms with E-state index < -0.39 is 6.10 Å². The van der Waals surface area contributed by atoms with E-state index in [0.717, 1.165) is 34.2 Å². The fourth-order valence-electron chi connectivity index (χ4n) is 3.11. The van der Waals surface area contributed by atoms with Crippen molar-refractivity contribution < 1.29 is 14.6 Å². The normalized spacial score (nSPS) is 12.0. The molecular formula is C21H25N3O3. The molecule has 6 heteroatoms. The Kier molecular flexibility index (Phi) is 5.98. The summed E-state index contributed by atoms with van der Waals surface area (Å²) >= 11 is 0. The first kappa shape index (κ1) is 18.8. The first-order valence-corrected chi connectivity index (χ1v) is 8.95. The monoisotopic (exact) mass is 367 g/mol. The van der Waals surface area contributed by atoms with Crippen LogP contribution in [-0.2, 0) is 13.5 Å². The van der Waals surface area contributed by atoms with Gasteiger partial charge in [0.15, 0.2) is 0 Å². The molecule has 1 heterocycles. The summed E-state index contributed by atoms with van der Waals surface area (Å²) in [5, 5.41) is 17.0. The number of aromatic nitrogens is 1. The molecule has 3 aromatic rings.